The first-order valence-electron chi connectivity index (χ1n) is 7.82. The van der Waals surface area contributed by atoms with Gasteiger partial charge in [0.1, 0.15) is 0 Å². The molecule has 2 amide bonds. The van der Waals surface area contributed by atoms with Gasteiger partial charge in [-0.15, -0.1) is 11.8 Å². The molecule has 0 aliphatic carbocycles. The number of thioether (sulfide) groups is 1. The van der Waals surface area contributed by atoms with Crippen LogP contribution in [0, 0.1) is 0 Å². The van der Waals surface area contributed by atoms with Gasteiger partial charge in [-0.3, -0.25) is 4.98 Å². The van der Waals surface area contributed by atoms with E-state index < -0.39 is 0 Å². The molecule has 2 aromatic rings. The van der Waals surface area contributed by atoms with Crippen molar-refractivity contribution in [3.05, 3.63) is 46.7 Å². The number of carbonyl (C=O) groups is 1. The Bertz CT molecular complexity index is 729. The summed E-state index contributed by atoms with van der Waals surface area (Å²) in [6.07, 6.45) is 5.19. The van der Waals surface area contributed by atoms with E-state index in [9.17, 15) is 4.79 Å². The molecule has 1 saturated heterocycles. The van der Waals surface area contributed by atoms with Gasteiger partial charge in [0.2, 0.25) is 0 Å². The van der Waals surface area contributed by atoms with Crippen molar-refractivity contribution in [1.29, 1.82) is 0 Å². The number of urea groups is 1. The maximum absolute atomic E-state index is 12.4. The molecule has 1 aromatic carbocycles. The van der Waals surface area contributed by atoms with Crippen LogP contribution in [0.15, 0.2) is 41.6 Å². The Morgan fingerprint density at radius 1 is 1.08 bits per heavy atom. The van der Waals surface area contributed by atoms with E-state index in [-0.39, 0.29) is 6.03 Å². The Balaban J connectivity index is 1.59. The fourth-order valence-corrected chi connectivity index (χ4v) is 3.73. The van der Waals surface area contributed by atoms with Crippen molar-refractivity contribution in [2.75, 3.05) is 42.7 Å². The highest BCUT2D eigenvalue weighted by Crippen LogP contribution is 2.33. The molecule has 8 heteroatoms. The molecule has 25 heavy (non-hydrogen) atoms. The third-order valence-electron chi connectivity index (χ3n) is 4.05. The molecule has 2 heterocycles. The first kappa shape index (κ1) is 18.2. The quantitative estimate of drug-likeness (QED) is 0.777. The number of piperazine rings is 1. The molecule has 1 aliphatic rings. The molecule has 3 rings (SSSR count). The van der Waals surface area contributed by atoms with Gasteiger partial charge in [-0.05, 0) is 30.5 Å². The summed E-state index contributed by atoms with van der Waals surface area (Å²) in [7, 11) is 0. The van der Waals surface area contributed by atoms with Gasteiger partial charge in [-0.1, -0.05) is 23.2 Å². The predicted molar refractivity (Wildman–Crippen MR) is 105 cm³/mol. The molecule has 5 nitrogen and oxygen atoms in total. The van der Waals surface area contributed by atoms with Gasteiger partial charge in [0, 0.05) is 49.2 Å². The normalized spacial score (nSPS) is 14.5. The molecule has 1 fully saturated rings. The lowest BCUT2D eigenvalue weighted by atomic mass is 10.2. The third-order valence-corrected chi connectivity index (χ3v) is 5.35. The standard InChI is InChI=1S/C17H18Cl2N4OS/c1-25-13-4-2-12(3-5-13)21-17(24)23-8-6-22(7-9-23)16-14(18)10-20-11-15(16)19/h2-5,10-11H,6-9H2,1H3,(H,21,24). The number of hydrogen-bond donors (Lipinski definition) is 1. The van der Waals surface area contributed by atoms with E-state index in [0.29, 0.717) is 36.2 Å². The third kappa shape index (κ3) is 4.32. The van der Waals surface area contributed by atoms with Gasteiger partial charge in [0.15, 0.2) is 0 Å². The van der Waals surface area contributed by atoms with E-state index in [1.54, 1.807) is 29.1 Å². The highest BCUT2D eigenvalue weighted by Gasteiger charge is 2.24. The van der Waals surface area contributed by atoms with Gasteiger partial charge >= 0.3 is 6.03 Å². The highest BCUT2D eigenvalue weighted by atomic mass is 35.5. The summed E-state index contributed by atoms with van der Waals surface area (Å²) in [4.78, 5) is 21.4. The molecule has 0 spiro atoms. The fourth-order valence-electron chi connectivity index (χ4n) is 2.72. The van der Waals surface area contributed by atoms with Crippen molar-refractivity contribution in [1.82, 2.24) is 9.88 Å². The van der Waals surface area contributed by atoms with Crippen LogP contribution in [0.2, 0.25) is 10.0 Å². The van der Waals surface area contributed by atoms with Crippen molar-refractivity contribution in [3.63, 3.8) is 0 Å². The summed E-state index contributed by atoms with van der Waals surface area (Å²) in [5.41, 5.74) is 1.58. The number of nitrogens with zero attached hydrogens (tertiary/aromatic N) is 3. The van der Waals surface area contributed by atoms with Crippen molar-refractivity contribution in [2.45, 2.75) is 4.90 Å². The second-order valence-electron chi connectivity index (χ2n) is 5.58. The molecule has 0 saturated carbocycles. The average molecular weight is 397 g/mol. The summed E-state index contributed by atoms with van der Waals surface area (Å²) >= 11 is 14.1. The van der Waals surface area contributed by atoms with Crippen LogP contribution in [-0.2, 0) is 0 Å². The number of pyridine rings is 1. The van der Waals surface area contributed by atoms with Crippen LogP contribution in [0.25, 0.3) is 0 Å². The second-order valence-corrected chi connectivity index (χ2v) is 7.28. The molecule has 0 unspecified atom stereocenters. The number of rotatable bonds is 3. The minimum absolute atomic E-state index is 0.0940. The summed E-state index contributed by atoms with van der Waals surface area (Å²) in [5.74, 6) is 0. The van der Waals surface area contributed by atoms with Gasteiger partial charge in [-0.2, -0.15) is 0 Å². The number of hydrogen-bond acceptors (Lipinski definition) is 4. The smallest absolute Gasteiger partial charge is 0.321 e. The Morgan fingerprint density at radius 3 is 2.24 bits per heavy atom. The summed E-state index contributed by atoms with van der Waals surface area (Å²) in [6, 6.07) is 7.72. The minimum atomic E-state index is -0.0940. The number of amides is 2. The molecular formula is C17H18Cl2N4OS. The topological polar surface area (TPSA) is 48.5 Å². The number of anilines is 2. The van der Waals surface area contributed by atoms with Crippen LogP contribution in [0.3, 0.4) is 0 Å². The van der Waals surface area contributed by atoms with E-state index in [2.05, 4.69) is 15.2 Å². The highest BCUT2D eigenvalue weighted by molar-refractivity contribution is 7.98. The SMILES string of the molecule is CSc1ccc(NC(=O)N2CCN(c3c(Cl)cncc3Cl)CC2)cc1. The number of halogens is 2. The van der Waals surface area contributed by atoms with Crippen molar-refractivity contribution in [2.24, 2.45) is 0 Å². The van der Waals surface area contributed by atoms with Crippen LogP contribution in [0.5, 0.6) is 0 Å². The van der Waals surface area contributed by atoms with Crippen molar-refractivity contribution in [3.8, 4) is 0 Å². The molecule has 1 N–H and O–H groups in total. The Hall–Kier alpha value is -1.63. The molecule has 1 aliphatic heterocycles. The van der Waals surface area contributed by atoms with Gasteiger partial charge in [-0.25, -0.2) is 4.79 Å². The maximum atomic E-state index is 12.4. The molecule has 0 radical (unpaired) electrons. The number of benzene rings is 1. The lowest BCUT2D eigenvalue weighted by molar-refractivity contribution is 0.208. The van der Waals surface area contributed by atoms with Crippen LogP contribution >= 0.6 is 35.0 Å². The van der Waals surface area contributed by atoms with Crippen LogP contribution < -0.4 is 10.2 Å². The van der Waals surface area contributed by atoms with Crippen molar-refractivity contribution >= 4 is 52.4 Å². The minimum Gasteiger partial charge on any atom is -0.365 e. The van der Waals surface area contributed by atoms with Gasteiger partial charge < -0.3 is 15.1 Å². The molecule has 0 bridgehead atoms. The lowest BCUT2D eigenvalue weighted by Crippen LogP contribution is -2.50. The van der Waals surface area contributed by atoms with E-state index in [4.69, 9.17) is 23.2 Å². The largest absolute Gasteiger partial charge is 0.365 e. The molecule has 1 aromatic heterocycles. The Kier molecular flexibility index (Phi) is 5.93. The average Bonchev–Trinajstić information content (AvgIpc) is 2.63. The number of nitrogens with one attached hydrogen (secondary N) is 1. The van der Waals surface area contributed by atoms with E-state index in [0.717, 1.165) is 16.3 Å². The summed E-state index contributed by atoms with van der Waals surface area (Å²) in [6.45, 7) is 2.54. The molecular weight excluding hydrogens is 379 g/mol. The van der Waals surface area contributed by atoms with Gasteiger partial charge in [0.05, 0.1) is 15.7 Å². The fraction of sp³-hybridized carbons (Fsp3) is 0.294. The van der Waals surface area contributed by atoms with Crippen LogP contribution in [0.1, 0.15) is 0 Å². The Morgan fingerprint density at radius 2 is 1.68 bits per heavy atom. The van der Waals surface area contributed by atoms with E-state index in [1.807, 2.05) is 30.5 Å². The first-order chi connectivity index (χ1) is 12.1. The zero-order chi connectivity index (χ0) is 17.8. The van der Waals surface area contributed by atoms with Gasteiger partial charge in [0.25, 0.3) is 0 Å². The van der Waals surface area contributed by atoms with Crippen LogP contribution in [0.4, 0.5) is 16.2 Å². The monoisotopic (exact) mass is 396 g/mol. The zero-order valence-corrected chi connectivity index (χ0v) is 16.0. The zero-order valence-electron chi connectivity index (χ0n) is 13.7. The van der Waals surface area contributed by atoms with E-state index >= 15 is 0 Å². The molecule has 0 atom stereocenters. The lowest BCUT2D eigenvalue weighted by Gasteiger charge is -2.36. The first-order valence-corrected chi connectivity index (χ1v) is 9.80. The van der Waals surface area contributed by atoms with E-state index in [1.165, 1.54) is 0 Å². The molecule has 132 valence electrons. The van der Waals surface area contributed by atoms with Crippen LogP contribution in [-0.4, -0.2) is 48.3 Å². The maximum Gasteiger partial charge on any atom is 0.321 e. The Labute approximate surface area is 161 Å². The second kappa shape index (κ2) is 8.17. The number of aromatic nitrogens is 1. The number of carbonyl (C=O) groups excluding carboxylic acids is 1. The summed E-state index contributed by atoms with van der Waals surface area (Å²) in [5, 5.41) is 3.99. The predicted octanol–water partition coefficient (Wildman–Crippen LogP) is 4.46. The van der Waals surface area contributed by atoms with Crippen molar-refractivity contribution < 1.29 is 4.79 Å². The summed E-state index contributed by atoms with van der Waals surface area (Å²) < 4.78 is 0.